The average molecular weight is 338 g/mol. The Morgan fingerprint density at radius 2 is 2.04 bits per heavy atom. The van der Waals surface area contributed by atoms with Gasteiger partial charge in [0.1, 0.15) is 12.7 Å². The molecule has 8 heteroatoms. The SMILES string of the molecule is O=C(CCn1cnc2ccccc2c1=O)N1CC(Cn2cncn2)C1. The minimum atomic E-state index is -0.105. The summed E-state index contributed by atoms with van der Waals surface area (Å²) in [4.78, 5) is 34.7. The van der Waals surface area contributed by atoms with Gasteiger partial charge in [-0.3, -0.25) is 18.8 Å². The van der Waals surface area contributed by atoms with Crippen molar-refractivity contribution in [1.29, 1.82) is 0 Å². The Balaban J connectivity index is 1.32. The number of hydrogen-bond acceptors (Lipinski definition) is 5. The lowest BCUT2D eigenvalue weighted by molar-refractivity contribution is -0.138. The van der Waals surface area contributed by atoms with Crippen molar-refractivity contribution in [1.82, 2.24) is 29.2 Å². The second kappa shape index (κ2) is 6.46. The quantitative estimate of drug-likeness (QED) is 0.678. The van der Waals surface area contributed by atoms with Crippen LogP contribution in [0.1, 0.15) is 6.42 Å². The van der Waals surface area contributed by atoms with Crippen LogP contribution in [-0.2, 0) is 17.9 Å². The van der Waals surface area contributed by atoms with E-state index in [0.717, 1.165) is 19.6 Å². The Morgan fingerprint density at radius 1 is 1.20 bits per heavy atom. The number of nitrogens with zero attached hydrogens (tertiary/aromatic N) is 6. The van der Waals surface area contributed by atoms with E-state index in [0.29, 0.717) is 29.8 Å². The van der Waals surface area contributed by atoms with E-state index in [1.165, 1.54) is 17.2 Å². The Kier molecular flexibility index (Phi) is 4.01. The van der Waals surface area contributed by atoms with E-state index in [2.05, 4.69) is 15.1 Å². The van der Waals surface area contributed by atoms with E-state index >= 15 is 0 Å². The molecule has 0 N–H and O–H groups in total. The number of benzene rings is 1. The molecule has 0 spiro atoms. The molecule has 0 unspecified atom stereocenters. The topological polar surface area (TPSA) is 85.9 Å². The molecule has 0 saturated carbocycles. The number of rotatable bonds is 5. The number of carbonyl (C=O) groups excluding carboxylic acids is 1. The first-order valence-electron chi connectivity index (χ1n) is 8.25. The van der Waals surface area contributed by atoms with Gasteiger partial charge in [-0.2, -0.15) is 5.10 Å². The highest BCUT2D eigenvalue weighted by Crippen LogP contribution is 2.18. The van der Waals surface area contributed by atoms with Crippen LogP contribution in [-0.4, -0.2) is 48.2 Å². The molecule has 3 heterocycles. The summed E-state index contributed by atoms with van der Waals surface area (Å²) >= 11 is 0. The van der Waals surface area contributed by atoms with Gasteiger partial charge in [-0.25, -0.2) is 9.97 Å². The van der Waals surface area contributed by atoms with Crippen molar-refractivity contribution in [3.05, 3.63) is 53.6 Å². The van der Waals surface area contributed by atoms with Crippen LogP contribution in [0.3, 0.4) is 0 Å². The van der Waals surface area contributed by atoms with E-state index < -0.39 is 0 Å². The summed E-state index contributed by atoms with van der Waals surface area (Å²) in [5.74, 6) is 0.477. The van der Waals surface area contributed by atoms with Crippen LogP contribution in [0.5, 0.6) is 0 Å². The number of carbonyl (C=O) groups is 1. The molecule has 1 aromatic carbocycles. The Hall–Kier alpha value is -3.03. The second-order valence-electron chi connectivity index (χ2n) is 6.29. The van der Waals surface area contributed by atoms with Gasteiger partial charge < -0.3 is 4.90 Å². The third-order valence-corrected chi connectivity index (χ3v) is 4.52. The fourth-order valence-electron chi connectivity index (χ4n) is 3.12. The summed E-state index contributed by atoms with van der Waals surface area (Å²) in [6.45, 7) is 2.57. The fourth-order valence-corrected chi connectivity index (χ4v) is 3.12. The predicted octanol–water partition coefficient (Wildman–Crippen LogP) is 0.537. The molecule has 0 radical (unpaired) electrons. The molecule has 1 fully saturated rings. The van der Waals surface area contributed by atoms with Crippen molar-refractivity contribution in [2.24, 2.45) is 5.92 Å². The van der Waals surface area contributed by atoms with Crippen LogP contribution in [0.2, 0.25) is 0 Å². The minimum absolute atomic E-state index is 0.0647. The molecule has 1 amide bonds. The Labute approximate surface area is 143 Å². The molecule has 2 aromatic heterocycles. The van der Waals surface area contributed by atoms with Crippen molar-refractivity contribution in [2.45, 2.75) is 19.5 Å². The Bertz CT molecular complexity index is 943. The van der Waals surface area contributed by atoms with Crippen molar-refractivity contribution >= 4 is 16.8 Å². The molecule has 8 nitrogen and oxygen atoms in total. The van der Waals surface area contributed by atoms with Crippen molar-refractivity contribution in [3.8, 4) is 0 Å². The van der Waals surface area contributed by atoms with Crippen molar-refractivity contribution in [3.63, 3.8) is 0 Å². The first-order chi connectivity index (χ1) is 12.2. The van der Waals surface area contributed by atoms with Gasteiger partial charge >= 0.3 is 0 Å². The summed E-state index contributed by atoms with van der Waals surface area (Å²) in [6.07, 6.45) is 5.01. The molecular weight excluding hydrogens is 320 g/mol. The lowest BCUT2D eigenvalue weighted by Crippen LogP contribution is -2.51. The maximum Gasteiger partial charge on any atom is 0.261 e. The smallest absolute Gasteiger partial charge is 0.261 e. The monoisotopic (exact) mass is 338 g/mol. The molecule has 0 bridgehead atoms. The summed E-state index contributed by atoms with van der Waals surface area (Å²) in [5, 5.41) is 4.65. The summed E-state index contributed by atoms with van der Waals surface area (Å²) in [5.41, 5.74) is 0.569. The third kappa shape index (κ3) is 3.15. The normalized spacial score (nSPS) is 14.6. The van der Waals surface area contributed by atoms with Gasteiger partial charge in [0.15, 0.2) is 0 Å². The molecule has 1 saturated heterocycles. The number of fused-ring (bicyclic) bond motifs is 1. The van der Waals surface area contributed by atoms with Gasteiger partial charge in [0.25, 0.3) is 5.56 Å². The number of hydrogen-bond donors (Lipinski definition) is 0. The zero-order chi connectivity index (χ0) is 17.2. The van der Waals surface area contributed by atoms with E-state index in [9.17, 15) is 9.59 Å². The number of aromatic nitrogens is 5. The molecule has 128 valence electrons. The lowest BCUT2D eigenvalue weighted by Gasteiger charge is -2.39. The maximum atomic E-state index is 12.4. The summed E-state index contributed by atoms with van der Waals surface area (Å²) in [7, 11) is 0. The van der Waals surface area contributed by atoms with Crippen LogP contribution >= 0.6 is 0 Å². The Morgan fingerprint density at radius 3 is 2.84 bits per heavy atom. The van der Waals surface area contributed by atoms with E-state index in [-0.39, 0.29) is 11.5 Å². The van der Waals surface area contributed by atoms with Crippen LogP contribution < -0.4 is 5.56 Å². The van der Waals surface area contributed by atoms with Crippen LogP contribution in [0, 0.1) is 5.92 Å². The number of para-hydroxylation sites is 1. The third-order valence-electron chi connectivity index (χ3n) is 4.52. The van der Waals surface area contributed by atoms with Crippen molar-refractivity contribution in [2.75, 3.05) is 13.1 Å². The molecule has 1 aliphatic heterocycles. The average Bonchev–Trinajstić information content (AvgIpc) is 3.10. The molecule has 0 aliphatic carbocycles. The number of likely N-dealkylation sites (tertiary alicyclic amines) is 1. The van der Waals surface area contributed by atoms with E-state index in [4.69, 9.17) is 0 Å². The highest BCUT2D eigenvalue weighted by Gasteiger charge is 2.30. The molecule has 0 atom stereocenters. The van der Waals surface area contributed by atoms with Crippen LogP contribution in [0.4, 0.5) is 0 Å². The van der Waals surface area contributed by atoms with Gasteiger partial charge in [-0.05, 0) is 12.1 Å². The lowest BCUT2D eigenvalue weighted by atomic mass is 10.00. The molecule has 3 aromatic rings. The standard InChI is InChI=1S/C17H18N6O2/c24-16(22-7-13(8-22)9-23-11-18-10-20-23)5-6-21-12-19-15-4-2-1-3-14(15)17(21)25/h1-4,10-13H,5-9H2. The molecule has 25 heavy (non-hydrogen) atoms. The highest BCUT2D eigenvalue weighted by molar-refractivity contribution is 5.78. The maximum absolute atomic E-state index is 12.4. The summed E-state index contributed by atoms with van der Waals surface area (Å²) < 4.78 is 3.29. The zero-order valence-corrected chi connectivity index (χ0v) is 13.7. The number of amides is 1. The molecular formula is C17H18N6O2. The van der Waals surface area contributed by atoms with E-state index in [1.54, 1.807) is 17.1 Å². The van der Waals surface area contributed by atoms with Gasteiger partial charge in [-0.1, -0.05) is 12.1 Å². The zero-order valence-electron chi connectivity index (χ0n) is 13.7. The van der Waals surface area contributed by atoms with Gasteiger partial charge in [-0.15, -0.1) is 0 Å². The van der Waals surface area contributed by atoms with E-state index in [1.807, 2.05) is 23.1 Å². The van der Waals surface area contributed by atoms with Crippen LogP contribution in [0.25, 0.3) is 10.9 Å². The van der Waals surface area contributed by atoms with Crippen LogP contribution in [0.15, 0.2) is 48.0 Å². The van der Waals surface area contributed by atoms with Gasteiger partial charge in [0.05, 0.1) is 17.2 Å². The predicted molar refractivity (Wildman–Crippen MR) is 90.7 cm³/mol. The first-order valence-corrected chi connectivity index (χ1v) is 8.25. The summed E-state index contributed by atoms with van der Waals surface area (Å²) in [6, 6.07) is 7.23. The second-order valence-corrected chi connectivity index (χ2v) is 6.29. The highest BCUT2D eigenvalue weighted by atomic mass is 16.2. The molecule has 1 aliphatic rings. The first kappa shape index (κ1) is 15.5. The van der Waals surface area contributed by atoms with Crippen molar-refractivity contribution < 1.29 is 4.79 Å². The molecule has 4 rings (SSSR count). The largest absolute Gasteiger partial charge is 0.342 e. The number of aryl methyl sites for hydroxylation is 1. The van der Waals surface area contributed by atoms with Gasteiger partial charge in [0.2, 0.25) is 5.91 Å². The fraction of sp³-hybridized carbons (Fsp3) is 0.353. The minimum Gasteiger partial charge on any atom is -0.342 e. The van der Waals surface area contributed by atoms with Gasteiger partial charge in [0, 0.05) is 38.5 Å².